The van der Waals surface area contributed by atoms with E-state index in [0.29, 0.717) is 4.48 Å². The zero-order chi connectivity index (χ0) is 14.9. The third kappa shape index (κ3) is 6.52. The summed E-state index contributed by atoms with van der Waals surface area (Å²) in [7, 11) is -5.76. The minimum absolute atomic E-state index is 0. The van der Waals surface area contributed by atoms with Crippen LogP contribution in [0.25, 0.3) is 0 Å². The SMILES string of the molecule is C[N+]1(C)CCCCC1CC(OP(=O)(O)O)P(=O)(O)O.[Cl-]. The second-order valence-corrected chi connectivity index (χ2v) is 8.47. The van der Waals surface area contributed by atoms with E-state index in [0.717, 1.165) is 25.8 Å². The fraction of sp³-hybridized carbons (Fsp3) is 1.00. The Morgan fingerprint density at radius 2 is 1.75 bits per heavy atom. The first-order valence-corrected chi connectivity index (χ1v) is 9.25. The minimum Gasteiger partial charge on any atom is -1.00 e. The Kier molecular flexibility index (Phi) is 7.36. The van der Waals surface area contributed by atoms with Crippen LogP contribution < -0.4 is 12.4 Å². The van der Waals surface area contributed by atoms with Gasteiger partial charge >= 0.3 is 15.4 Å². The molecule has 1 saturated heterocycles. The molecule has 0 aromatic heterocycles. The minimum atomic E-state index is -4.93. The first-order chi connectivity index (χ1) is 8.42. The van der Waals surface area contributed by atoms with Crippen LogP contribution in [0.5, 0.6) is 0 Å². The van der Waals surface area contributed by atoms with Crippen molar-refractivity contribution in [2.75, 3.05) is 20.6 Å². The van der Waals surface area contributed by atoms with Crippen molar-refractivity contribution in [1.82, 2.24) is 0 Å². The highest BCUT2D eigenvalue weighted by molar-refractivity contribution is 7.53. The third-order valence-electron chi connectivity index (χ3n) is 3.62. The van der Waals surface area contributed by atoms with Gasteiger partial charge < -0.3 is 36.5 Å². The van der Waals surface area contributed by atoms with E-state index in [9.17, 15) is 18.9 Å². The average molecular weight is 354 g/mol. The van der Waals surface area contributed by atoms with Crippen LogP contribution in [0.2, 0.25) is 0 Å². The van der Waals surface area contributed by atoms with Crippen molar-refractivity contribution in [2.45, 2.75) is 37.6 Å². The van der Waals surface area contributed by atoms with Gasteiger partial charge in [0.25, 0.3) is 0 Å². The number of nitrogens with zero attached hydrogens (tertiary/aromatic N) is 1. The predicted molar refractivity (Wildman–Crippen MR) is 68.2 cm³/mol. The van der Waals surface area contributed by atoms with Crippen molar-refractivity contribution in [3.63, 3.8) is 0 Å². The molecule has 0 aromatic carbocycles. The maximum Gasteiger partial charge on any atom is 0.470 e. The van der Waals surface area contributed by atoms with Crippen LogP contribution >= 0.6 is 15.4 Å². The maximum absolute atomic E-state index is 11.3. The van der Waals surface area contributed by atoms with E-state index in [1.165, 1.54) is 0 Å². The first-order valence-electron chi connectivity index (χ1n) is 6.04. The smallest absolute Gasteiger partial charge is 0.470 e. The Hall–Kier alpha value is 0.510. The second-order valence-electron chi connectivity index (χ2n) is 5.53. The van der Waals surface area contributed by atoms with Gasteiger partial charge in [-0.25, -0.2) is 4.57 Å². The lowest BCUT2D eigenvalue weighted by Crippen LogP contribution is -3.00. The van der Waals surface area contributed by atoms with Crippen LogP contribution in [0.1, 0.15) is 25.7 Å². The second kappa shape index (κ2) is 7.18. The van der Waals surface area contributed by atoms with Crippen LogP contribution in [0, 0.1) is 0 Å². The molecule has 4 N–H and O–H groups in total. The molecular weight excluding hydrogens is 332 g/mol. The highest BCUT2D eigenvalue weighted by Gasteiger charge is 2.42. The summed E-state index contributed by atoms with van der Waals surface area (Å²) in [4.78, 5) is 35.9. The number of phosphoric acid groups is 1. The van der Waals surface area contributed by atoms with Gasteiger partial charge in [-0.3, -0.25) is 9.09 Å². The highest BCUT2D eigenvalue weighted by atomic mass is 35.5. The molecule has 0 aliphatic carbocycles. The summed E-state index contributed by atoms with van der Waals surface area (Å²) in [5, 5.41) is 0. The molecule has 2 atom stereocenters. The molecule has 11 heteroatoms. The summed E-state index contributed by atoms with van der Waals surface area (Å²) in [6.07, 6.45) is 2.66. The number of rotatable bonds is 5. The van der Waals surface area contributed by atoms with Crippen molar-refractivity contribution >= 4 is 15.4 Å². The Balaban J connectivity index is 0.00000361. The van der Waals surface area contributed by atoms with Crippen molar-refractivity contribution in [1.29, 1.82) is 0 Å². The van der Waals surface area contributed by atoms with Crippen LogP contribution in [0.3, 0.4) is 0 Å². The van der Waals surface area contributed by atoms with E-state index < -0.39 is 21.3 Å². The molecule has 20 heavy (non-hydrogen) atoms. The lowest BCUT2D eigenvalue weighted by Gasteiger charge is -2.42. The molecule has 1 aliphatic heterocycles. The molecule has 1 aliphatic rings. The Bertz CT molecular complexity index is 407. The molecule has 2 unspecified atom stereocenters. The van der Waals surface area contributed by atoms with E-state index in [1.54, 1.807) is 0 Å². The number of halogens is 1. The monoisotopic (exact) mass is 353 g/mol. The van der Waals surface area contributed by atoms with Gasteiger partial charge in [-0.15, -0.1) is 0 Å². The molecule has 1 rings (SSSR count). The summed E-state index contributed by atoms with van der Waals surface area (Å²) in [6.45, 7) is 0.870. The van der Waals surface area contributed by atoms with Gasteiger partial charge in [-0.1, -0.05) is 0 Å². The zero-order valence-electron chi connectivity index (χ0n) is 11.4. The van der Waals surface area contributed by atoms with Gasteiger partial charge in [0.05, 0.1) is 26.7 Å². The highest BCUT2D eigenvalue weighted by Crippen LogP contribution is 2.52. The Labute approximate surface area is 124 Å². The third-order valence-corrected chi connectivity index (χ3v) is 5.38. The van der Waals surface area contributed by atoms with E-state index in [-0.39, 0.29) is 24.9 Å². The van der Waals surface area contributed by atoms with E-state index in [2.05, 4.69) is 4.52 Å². The van der Waals surface area contributed by atoms with Gasteiger partial charge in [-0.2, -0.15) is 0 Å². The number of hydrogen-bond donors (Lipinski definition) is 4. The van der Waals surface area contributed by atoms with Crippen molar-refractivity contribution < 1.29 is 50.1 Å². The topological polar surface area (TPSA) is 124 Å². The summed E-state index contributed by atoms with van der Waals surface area (Å²) in [5.41, 5.74) is 0. The number of hydrogen-bond acceptors (Lipinski definition) is 3. The number of quaternary nitrogens is 1. The number of phosphoric ester groups is 1. The van der Waals surface area contributed by atoms with Gasteiger partial charge in [0.15, 0.2) is 5.85 Å². The normalized spacial score (nSPS) is 24.8. The molecule has 0 radical (unpaired) electrons. The summed E-state index contributed by atoms with van der Waals surface area (Å²) in [5.74, 6) is -1.76. The number of piperidine rings is 1. The zero-order valence-corrected chi connectivity index (χ0v) is 14.0. The lowest BCUT2D eigenvalue weighted by molar-refractivity contribution is -0.920. The molecular formula is C9H22ClNO7P2. The van der Waals surface area contributed by atoms with Crippen molar-refractivity contribution in [3.8, 4) is 0 Å². The molecule has 8 nitrogen and oxygen atoms in total. The lowest BCUT2D eigenvalue weighted by atomic mass is 9.98. The fourth-order valence-corrected chi connectivity index (χ4v) is 4.25. The fourth-order valence-electron chi connectivity index (χ4n) is 2.47. The predicted octanol–water partition coefficient (Wildman–Crippen LogP) is -2.38. The van der Waals surface area contributed by atoms with Crippen LogP contribution in [0.4, 0.5) is 0 Å². The Morgan fingerprint density at radius 1 is 1.20 bits per heavy atom. The van der Waals surface area contributed by atoms with Gasteiger partial charge in [0, 0.05) is 6.42 Å². The average Bonchev–Trinajstić information content (AvgIpc) is 2.16. The van der Waals surface area contributed by atoms with Gasteiger partial charge in [0.1, 0.15) is 0 Å². The molecule has 122 valence electrons. The first kappa shape index (κ1) is 20.5. The van der Waals surface area contributed by atoms with Crippen molar-refractivity contribution in [2.24, 2.45) is 0 Å². The number of likely N-dealkylation sites (tertiary alicyclic amines) is 1. The van der Waals surface area contributed by atoms with E-state index in [1.807, 2.05) is 14.1 Å². The van der Waals surface area contributed by atoms with Gasteiger partial charge in [0.2, 0.25) is 0 Å². The molecule has 1 heterocycles. The molecule has 0 spiro atoms. The molecule has 0 bridgehead atoms. The summed E-state index contributed by atoms with van der Waals surface area (Å²) < 4.78 is 27.0. The molecule has 0 amide bonds. The van der Waals surface area contributed by atoms with Crippen LogP contribution in [-0.4, -0.2) is 56.6 Å². The van der Waals surface area contributed by atoms with E-state index in [4.69, 9.17) is 9.79 Å². The summed E-state index contributed by atoms with van der Waals surface area (Å²) >= 11 is 0. The van der Waals surface area contributed by atoms with Crippen LogP contribution in [-0.2, 0) is 13.7 Å². The molecule has 0 saturated carbocycles. The molecule has 0 aromatic rings. The molecule has 1 fully saturated rings. The Morgan fingerprint density at radius 3 is 2.15 bits per heavy atom. The standard InChI is InChI=1S/C9H21NO7P2.ClH/c1-10(2)6-4-3-5-8(10)7-9(18(11,12)13)17-19(14,15)16;/h8-9H,3-7H2,1-2H3,(H3-,11,12,13,14,15,16);1H. The van der Waals surface area contributed by atoms with E-state index >= 15 is 0 Å². The maximum atomic E-state index is 11.3. The largest absolute Gasteiger partial charge is 1.00 e. The quantitative estimate of drug-likeness (QED) is 0.321. The van der Waals surface area contributed by atoms with Gasteiger partial charge in [-0.05, 0) is 19.3 Å². The summed E-state index contributed by atoms with van der Waals surface area (Å²) in [6, 6.07) is -0.0853. The van der Waals surface area contributed by atoms with Crippen LogP contribution in [0.15, 0.2) is 0 Å². The van der Waals surface area contributed by atoms with Crippen molar-refractivity contribution in [3.05, 3.63) is 0 Å².